The largest absolute Gasteiger partial charge is 0.423 e. The molecule has 20 nitrogen and oxygen atoms in total. The second kappa shape index (κ2) is 17.4. The van der Waals surface area contributed by atoms with Crippen LogP contribution >= 0.6 is 11.6 Å². The van der Waals surface area contributed by atoms with Crippen LogP contribution in [0, 0.1) is 32.4 Å². The van der Waals surface area contributed by atoms with Gasteiger partial charge in [-0.25, -0.2) is 8.78 Å². The van der Waals surface area contributed by atoms with E-state index in [1.165, 1.54) is 6.07 Å². The molecule has 2 saturated heterocycles. The van der Waals surface area contributed by atoms with Crippen molar-refractivity contribution in [2.75, 3.05) is 86.4 Å². The molecule has 0 saturated carbocycles. The number of aromatic amines is 4. The second-order valence-electron chi connectivity index (χ2n) is 16.1. The molecule has 0 radical (unpaired) electrons. The summed E-state index contributed by atoms with van der Waals surface area (Å²) in [7, 11) is 2.10. The minimum atomic E-state index is -0.725. The summed E-state index contributed by atoms with van der Waals surface area (Å²) in [5.41, 5.74) is 2.58. The highest BCUT2D eigenvalue weighted by Crippen LogP contribution is 2.37. The summed E-state index contributed by atoms with van der Waals surface area (Å²) in [5, 5.41) is 21.5. The molecule has 65 heavy (non-hydrogen) atoms. The summed E-state index contributed by atoms with van der Waals surface area (Å²) >= 11 is 7.02. The van der Waals surface area contributed by atoms with E-state index < -0.39 is 11.6 Å². The Balaban J connectivity index is 0.812. The lowest BCUT2D eigenvalue weighted by atomic mass is 10.2. The molecule has 0 bridgehead atoms. The Morgan fingerprint density at radius 1 is 0.677 bits per heavy atom. The first-order chi connectivity index (χ1) is 31.5. The van der Waals surface area contributed by atoms with Gasteiger partial charge in [0.1, 0.15) is 40.7 Å². The van der Waals surface area contributed by atoms with E-state index in [-0.39, 0.29) is 34.6 Å². The minimum Gasteiger partial charge on any atom is -0.423 e. The van der Waals surface area contributed by atoms with Gasteiger partial charge in [0, 0.05) is 111 Å². The summed E-state index contributed by atoms with van der Waals surface area (Å²) in [6.07, 6.45) is 0.746. The SMILES string of the molecule is Cc1cc2c(F)c(Oc3nc(Nc4n[nH]c(C)n4)cc(N4CCN(CCc5cc6c(Cl)c(Oc7nc(Nc8n[nH]c(C)n8)cc(N8CCN(C)CC8)n7)ccc6[nH]5)CC4)n3)cc(F)c2[nH]1. The quantitative estimate of drug-likeness (QED) is 0.0726. The van der Waals surface area contributed by atoms with Gasteiger partial charge in [-0.1, -0.05) is 11.6 Å². The number of likely N-dealkylation sites (N-methyl/N-ethyl adjacent to an activating group) is 1. The van der Waals surface area contributed by atoms with Crippen molar-refractivity contribution in [3.05, 3.63) is 82.2 Å². The zero-order valence-electron chi connectivity index (χ0n) is 35.9. The first-order valence-electron chi connectivity index (χ1n) is 21.1. The number of ether oxygens (including phenoxy) is 2. The van der Waals surface area contributed by atoms with Crippen molar-refractivity contribution in [3.8, 4) is 23.5 Å². The van der Waals surface area contributed by atoms with E-state index in [1.807, 2.05) is 25.1 Å². The molecule has 0 aliphatic carbocycles. The zero-order valence-corrected chi connectivity index (χ0v) is 36.7. The second-order valence-corrected chi connectivity index (χ2v) is 16.5. The fourth-order valence-corrected chi connectivity index (χ4v) is 8.19. The number of hydrogen-bond acceptors (Lipinski definition) is 16. The Morgan fingerprint density at radius 2 is 1.28 bits per heavy atom. The first-order valence-corrected chi connectivity index (χ1v) is 21.5. The summed E-state index contributed by atoms with van der Waals surface area (Å²) in [6, 6.07) is 11.9. The number of hydrogen-bond donors (Lipinski definition) is 6. The lowest BCUT2D eigenvalue weighted by Gasteiger charge is -2.35. The predicted octanol–water partition coefficient (Wildman–Crippen LogP) is 6.51. The third-order valence-electron chi connectivity index (χ3n) is 11.3. The van der Waals surface area contributed by atoms with Gasteiger partial charge in [0.2, 0.25) is 11.9 Å². The molecule has 2 fully saturated rings. The van der Waals surface area contributed by atoms with E-state index in [0.717, 1.165) is 80.7 Å². The summed E-state index contributed by atoms with van der Waals surface area (Å²) in [6.45, 7) is 12.3. The van der Waals surface area contributed by atoms with Crippen molar-refractivity contribution in [1.29, 1.82) is 0 Å². The summed E-state index contributed by atoms with van der Waals surface area (Å²) < 4.78 is 42.7. The molecule has 8 heterocycles. The standard InChI is InChI=1S/C42H45ClF2N18O2/c1-22-17-27-37(45)31(19-28(44)38(27)46-22)65-42-53-33(51-40-48-24(3)57-59-40)21-35(55-42)63-15-11-61(12-16-63)8-7-25-18-26-29(49-25)5-6-30(36(26)43)64-41-52-32(50-39-47-23(2)56-58-39)20-34(54-41)62-13-9-60(4)10-14-62/h5-6,17-21,46,49H,7-16H2,1-4H3,(H2,47,50,52,54,56,58)(H2,48,51,53,55,57,59). The van der Waals surface area contributed by atoms with E-state index in [2.05, 4.69) is 98.6 Å². The minimum absolute atomic E-state index is 0.0621. The molecule has 2 aliphatic heterocycles. The molecule has 23 heteroatoms. The van der Waals surface area contributed by atoms with Crippen LogP contribution in [-0.4, -0.2) is 136 Å². The Hall–Kier alpha value is -7.17. The maximum atomic E-state index is 15.6. The van der Waals surface area contributed by atoms with Gasteiger partial charge >= 0.3 is 12.0 Å². The van der Waals surface area contributed by atoms with Gasteiger partial charge in [-0.3, -0.25) is 15.1 Å². The van der Waals surface area contributed by atoms with Crippen LogP contribution in [0.25, 0.3) is 21.8 Å². The van der Waals surface area contributed by atoms with Gasteiger partial charge in [-0.15, -0.1) is 10.2 Å². The maximum Gasteiger partial charge on any atom is 0.326 e. The molecule has 336 valence electrons. The van der Waals surface area contributed by atoms with Crippen LogP contribution in [0.2, 0.25) is 5.02 Å². The van der Waals surface area contributed by atoms with Crippen molar-refractivity contribution in [3.63, 3.8) is 0 Å². The van der Waals surface area contributed by atoms with Crippen LogP contribution in [-0.2, 0) is 6.42 Å². The molecule has 0 atom stereocenters. The highest BCUT2D eigenvalue weighted by atomic mass is 35.5. The van der Waals surface area contributed by atoms with Gasteiger partial charge < -0.3 is 44.8 Å². The highest BCUT2D eigenvalue weighted by molar-refractivity contribution is 6.37. The highest BCUT2D eigenvalue weighted by Gasteiger charge is 2.24. The van der Waals surface area contributed by atoms with Crippen LogP contribution in [0.4, 0.5) is 43.9 Å². The van der Waals surface area contributed by atoms with Crippen molar-refractivity contribution in [2.24, 2.45) is 0 Å². The normalized spacial score (nSPS) is 15.1. The Labute approximate surface area is 375 Å². The number of nitrogens with zero attached hydrogens (tertiary/aromatic N) is 12. The average Bonchev–Trinajstić information content (AvgIpc) is 4.11. The number of piperazine rings is 2. The monoisotopic (exact) mass is 906 g/mol. The number of rotatable bonds is 13. The molecular formula is C42H45ClF2N18O2. The zero-order chi connectivity index (χ0) is 44.8. The van der Waals surface area contributed by atoms with Crippen molar-refractivity contribution >= 4 is 68.6 Å². The van der Waals surface area contributed by atoms with Gasteiger partial charge in [0.05, 0.1) is 10.5 Å². The topological polar surface area (TPSA) is 222 Å². The molecule has 8 aromatic rings. The van der Waals surface area contributed by atoms with E-state index in [4.69, 9.17) is 26.1 Å². The van der Waals surface area contributed by atoms with E-state index in [1.54, 1.807) is 19.9 Å². The first kappa shape index (κ1) is 41.8. The predicted molar refractivity (Wildman–Crippen MR) is 241 cm³/mol. The summed E-state index contributed by atoms with van der Waals surface area (Å²) in [4.78, 5) is 42.5. The summed E-state index contributed by atoms with van der Waals surface area (Å²) in [5.74, 6) is 2.75. The fourth-order valence-electron chi connectivity index (χ4n) is 7.93. The van der Waals surface area contributed by atoms with Crippen molar-refractivity contribution in [2.45, 2.75) is 27.2 Å². The van der Waals surface area contributed by atoms with Crippen LogP contribution in [0.5, 0.6) is 23.5 Å². The van der Waals surface area contributed by atoms with E-state index >= 15 is 4.39 Å². The van der Waals surface area contributed by atoms with E-state index in [0.29, 0.717) is 64.6 Å². The van der Waals surface area contributed by atoms with Crippen LogP contribution in [0.1, 0.15) is 23.0 Å². The number of nitrogens with one attached hydrogen (secondary N) is 6. The molecule has 6 N–H and O–H groups in total. The Morgan fingerprint density at radius 3 is 1.88 bits per heavy atom. The lowest BCUT2D eigenvalue weighted by molar-refractivity contribution is 0.259. The molecule has 2 aliphatic rings. The van der Waals surface area contributed by atoms with Crippen LogP contribution in [0.15, 0.2) is 42.5 Å². The third-order valence-corrected chi connectivity index (χ3v) is 11.7. The van der Waals surface area contributed by atoms with Crippen molar-refractivity contribution in [1.82, 2.24) is 70.1 Å². The third kappa shape index (κ3) is 9.13. The molecule has 0 spiro atoms. The molecule has 2 aromatic carbocycles. The average molecular weight is 907 g/mol. The van der Waals surface area contributed by atoms with Gasteiger partial charge in [-0.2, -0.15) is 29.9 Å². The van der Waals surface area contributed by atoms with E-state index in [9.17, 15) is 4.39 Å². The lowest BCUT2D eigenvalue weighted by Crippen LogP contribution is -2.47. The van der Waals surface area contributed by atoms with Gasteiger partial charge in [0.15, 0.2) is 17.4 Å². The number of halogens is 3. The van der Waals surface area contributed by atoms with Crippen LogP contribution in [0.3, 0.4) is 0 Å². The number of aromatic nitrogens is 12. The number of fused-ring (bicyclic) bond motifs is 2. The molecular weight excluding hydrogens is 862 g/mol. The number of aryl methyl sites for hydroxylation is 3. The Kier molecular flexibility index (Phi) is 11.2. The molecule has 10 rings (SSSR count). The fraction of sp³-hybridized carbons (Fsp3) is 0.333. The maximum absolute atomic E-state index is 15.6. The van der Waals surface area contributed by atoms with Gasteiger partial charge in [0.25, 0.3) is 0 Å². The van der Waals surface area contributed by atoms with Crippen molar-refractivity contribution < 1.29 is 18.3 Å². The molecule has 0 unspecified atom stereocenters. The number of H-pyrrole nitrogens is 4. The number of benzene rings is 2. The number of anilines is 6. The molecule has 6 aromatic heterocycles. The van der Waals surface area contributed by atoms with Crippen LogP contribution < -0.4 is 29.9 Å². The Bertz CT molecular complexity index is 3010. The molecule has 0 amide bonds. The van der Waals surface area contributed by atoms with Gasteiger partial charge in [-0.05, 0) is 52.1 Å². The smallest absolute Gasteiger partial charge is 0.326 e.